The molecule has 3 rings (SSSR count). The van der Waals surface area contributed by atoms with Crippen molar-refractivity contribution in [2.24, 2.45) is 0 Å². The summed E-state index contributed by atoms with van der Waals surface area (Å²) in [4.78, 5) is 16.4. The lowest BCUT2D eigenvalue weighted by Gasteiger charge is -2.13. The molecule has 0 aliphatic rings. The first-order valence-corrected chi connectivity index (χ1v) is 7.61. The van der Waals surface area contributed by atoms with E-state index in [0.29, 0.717) is 22.7 Å². The van der Waals surface area contributed by atoms with Crippen LogP contribution >= 0.6 is 0 Å². The van der Waals surface area contributed by atoms with Gasteiger partial charge in [0, 0.05) is 17.3 Å². The summed E-state index contributed by atoms with van der Waals surface area (Å²) in [7, 11) is 3.13. The number of ether oxygens (including phenoxy) is 2. The van der Waals surface area contributed by atoms with Crippen LogP contribution in [0.5, 0.6) is 11.5 Å². The highest BCUT2D eigenvalue weighted by molar-refractivity contribution is 6.04. The Kier molecular flexibility index (Phi) is 4.65. The van der Waals surface area contributed by atoms with Crippen molar-refractivity contribution in [3.05, 3.63) is 60.2 Å². The molecule has 0 aliphatic carbocycles. The number of aryl methyl sites for hydroxylation is 1. The zero-order valence-corrected chi connectivity index (χ0v) is 14.2. The Morgan fingerprint density at radius 2 is 1.76 bits per heavy atom. The molecule has 1 aromatic heterocycles. The number of hydrogen-bond donors (Lipinski definition) is 1. The normalized spacial score (nSPS) is 10.4. The van der Waals surface area contributed by atoms with Gasteiger partial charge in [-0.15, -0.1) is 0 Å². The van der Waals surface area contributed by atoms with Gasteiger partial charge < -0.3 is 14.8 Å². The van der Waals surface area contributed by atoms with Crippen molar-refractivity contribution in [3.63, 3.8) is 0 Å². The molecule has 0 bridgehead atoms. The largest absolute Gasteiger partial charge is 0.493 e. The van der Waals surface area contributed by atoms with E-state index in [4.69, 9.17) is 9.47 Å². The molecule has 1 amide bonds. The number of aromatic nitrogens is 3. The third-order valence-corrected chi connectivity index (χ3v) is 3.79. The molecule has 128 valence electrons. The Labute approximate surface area is 145 Å². The van der Waals surface area contributed by atoms with Crippen LogP contribution in [0.2, 0.25) is 0 Å². The van der Waals surface area contributed by atoms with Gasteiger partial charge in [-0.3, -0.25) is 4.79 Å². The Bertz CT molecular complexity index is 874. The summed E-state index contributed by atoms with van der Waals surface area (Å²) in [5.41, 5.74) is 2.92. The van der Waals surface area contributed by atoms with Gasteiger partial charge in [0.1, 0.15) is 12.7 Å². The molecule has 2 aromatic carbocycles. The van der Waals surface area contributed by atoms with Crippen LogP contribution in [0.1, 0.15) is 15.9 Å². The van der Waals surface area contributed by atoms with E-state index in [1.54, 1.807) is 43.4 Å². The standard InChI is InChI=1S/C18H18N4O3/c1-12-8-16(24-2)17(25-3)9-15(12)21-18(23)13-4-6-14(7-5-13)22-11-19-10-20-22/h4-11H,1-3H3,(H,21,23). The zero-order chi connectivity index (χ0) is 17.8. The van der Waals surface area contributed by atoms with Crippen molar-refractivity contribution >= 4 is 11.6 Å². The minimum Gasteiger partial charge on any atom is -0.493 e. The molecule has 0 fully saturated rings. The first-order chi connectivity index (χ1) is 12.1. The lowest BCUT2D eigenvalue weighted by Crippen LogP contribution is -2.13. The third-order valence-electron chi connectivity index (χ3n) is 3.79. The molecule has 0 saturated heterocycles. The Balaban J connectivity index is 1.80. The van der Waals surface area contributed by atoms with Gasteiger partial charge in [0.15, 0.2) is 11.5 Å². The number of carbonyl (C=O) groups is 1. The molecule has 0 spiro atoms. The number of nitrogens with one attached hydrogen (secondary N) is 1. The maximum absolute atomic E-state index is 12.5. The molecule has 7 heteroatoms. The van der Waals surface area contributed by atoms with E-state index >= 15 is 0 Å². The van der Waals surface area contributed by atoms with Gasteiger partial charge >= 0.3 is 0 Å². The van der Waals surface area contributed by atoms with Gasteiger partial charge in [0.2, 0.25) is 0 Å². The summed E-state index contributed by atoms with van der Waals surface area (Å²) in [6, 6.07) is 10.7. The average Bonchev–Trinajstić information content (AvgIpc) is 3.17. The fourth-order valence-electron chi connectivity index (χ4n) is 2.42. The minimum absolute atomic E-state index is 0.208. The average molecular weight is 338 g/mol. The molecule has 7 nitrogen and oxygen atoms in total. The highest BCUT2D eigenvalue weighted by Gasteiger charge is 2.12. The maximum atomic E-state index is 12.5. The second-order valence-electron chi connectivity index (χ2n) is 5.36. The van der Waals surface area contributed by atoms with E-state index in [1.807, 2.05) is 25.1 Å². The zero-order valence-electron chi connectivity index (χ0n) is 14.2. The lowest BCUT2D eigenvalue weighted by molar-refractivity contribution is 0.102. The van der Waals surface area contributed by atoms with Gasteiger partial charge in [0.05, 0.1) is 19.9 Å². The summed E-state index contributed by atoms with van der Waals surface area (Å²) >= 11 is 0. The van der Waals surface area contributed by atoms with Crippen LogP contribution in [-0.2, 0) is 0 Å². The molecular weight excluding hydrogens is 320 g/mol. The van der Waals surface area contributed by atoms with Gasteiger partial charge in [-0.05, 0) is 42.8 Å². The van der Waals surface area contributed by atoms with Gasteiger partial charge in [-0.25, -0.2) is 9.67 Å². The molecule has 0 radical (unpaired) electrons. The van der Waals surface area contributed by atoms with Crippen LogP contribution in [0.25, 0.3) is 5.69 Å². The Morgan fingerprint density at radius 3 is 2.36 bits per heavy atom. The van der Waals surface area contributed by atoms with Crippen LogP contribution < -0.4 is 14.8 Å². The molecule has 0 aliphatic heterocycles. The van der Waals surface area contributed by atoms with Gasteiger partial charge in [0.25, 0.3) is 5.91 Å². The number of carbonyl (C=O) groups excluding carboxylic acids is 1. The summed E-state index contributed by atoms with van der Waals surface area (Å²) in [5.74, 6) is 0.973. The summed E-state index contributed by atoms with van der Waals surface area (Å²) in [6.07, 6.45) is 3.06. The van der Waals surface area contributed by atoms with Crippen LogP contribution in [0.4, 0.5) is 5.69 Å². The highest BCUT2D eigenvalue weighted by atomic mass is 16.5. The second kappa shape index (κ2) is 7.04. The summed E-state index contributed by atoms with van der Waals surface area (Å²) < 4.78 is 12.2. The number of methoxy groups -OCH3 is 2. The Hall–Kier alpha value is -3.35. The fraction of sp³-hybridized carbons (Fsp3) is 0.167. The first kappa shape index (κ1) is 16.5. The molecule has 3 aromatic rings. The van der Waals surface area contributed by atoms with E-state index in [0.717, 1.165) is 11.3 Å². The lowest BCUT2D eigenvalue weighted by atomic mass is 10.1. The molecule has 0 atom stereocenters. The van der Waals surface area contributed by atoms with E-state index in [-0.39, 0.29) is 5.91 Å². The molecule has 1 heterocycles. The number of amides is 1. The van der Waals surface area contributed by atoms with E-state index in [9.17, 15) is 4.79 Å². The molecule has 1 N–H and O–H groups in total. The minimum atomic E-state index is -0.208. The van der Waals surface area contributed by atoms with Gasteiger partial charge in [-0.1, -0.05) is 0 Å². The van der Waals surface area contributed by atoms with Crippen LogP contribution in [0.3, 0.4) is 0 Å². The van der Waals surface area contributed by atoms with E-state index in [1.165, 1.54) is 6.33 Å². The predicted molar refractivity (Wildman–Crippen MR) is 93.6 cm³/mol. The summed E-state index contributed by atoms with van der Waals surface area (Å²) in [6.45, 7) is 1.89. The number of hydrogen-bond acceptors (Lipinski definition) is 5. The quantitative estimate of drug-likeness (QED) is 0.774. The molecule has 25 heavy (non-hydrogen) atoms. The highest BCUT2D eigenvalue weighted by Crippen LogP contribution is 2.33. The Morgan fingerprint density at radius 1 is 1.08 bits per heavy atom. The van der Waals surface area contributed by atoms with Crippen molar-refractivity contribution in [1.29, 1.82) is 0 Å². The fourth-order valence-corrected chi connectivity index (χ4v) is 2.42. The predicted octanol–water partition coefficient (Wildman–Crippen LogP) is 2.85. The van der Waals surface area contributed by atoms with Crippen molar-refractivity contribution in [2.75, 3.05) is 19.5 Å². The first-order valence-electron chi connectivity index (χ1n) is 7.61. The van der Waals surface area contributed by atoms with Crippen molar-refractivity contribution in [3.8, 4) is 17.2 Å². The monoisotopic (exact) mass is 338 g/mol. The van der Waals surface area contributed by atoms with Crippen molar-refractivity contribution < 1.29 is 14.3 Å². The number of benzene rings is 2. The van der Waals surface area contributed by atoms with Crippen molar-refractivity contribution in [1.82, 2.24) is 14.8 Å². The van der Waals surface area contributed by atoms with Crippen LogP contribution in [-0.4, -0.2) is 34.9 Å². The third kappa shape index (κ3) is 3.45. The van der Waals surface area contributed by atoms with E-state index < -0.39 is 0 Å². The maximum Gasteiger partial charge on any atom is 0.255 e. The van der Waals surface area contributed by atoms with Crippen LogP contribution in [0.15, 0.2) is 49.1 Å². The van der Waals surface area contributed by atoms with Gasteiger partial charge in [-0.2, -0.15) is 5.10 Å². The molecular formula is C18H18N4O3. The summed E-state index contributed by atoms with van der Waals surface area (Å²) in [5, 5.41) is 6.95. The SMILES string of the molecule is COc1cc(C)c(NC(=O)c2ccc(-n3cncn3)cc2)cc1OC. The number of nitrogens with zero attached hydrogens (tertiary/aromatic N) is 3. The topological polar surface area (TPSA) is 78.3 Å². The molecule has 0 saturated carbocycles. The van der Waals surface area contributed by atoms with E-state index in [2.05, 4.69) is 15.4 Å². The number of anilines is 1. The number of rotatable bonds is 5. The van der Waals surface area contributed by atoms with Crippen LogP contribution in [0, 0.1) is 6.92 Å². The second-order valence-corrected chi connectivity index (χ2v) is 5.36. The molecule has 0 unspecified atom stereocenters. The van der Waals surface area contributed by atoms with Crippen molar-refractivity contribution in [2.45, 2.75) is 6.92 Å². The smallest absolute Gasteiger partial charge is 0.255 e.